The number of aryl methyl sites for hydroxylation is 1. The molecule has 3 aromatic rings. The van der Waals surface area contributed by atoms with Gasteiger partial charge in [0.15, 0.2) is 0 Å². The van der Waals surface area contributed by atoms with Crippen LogP contribution in [0.1, 0.15) is 5.69 Å². The van der Waals surface area contributed by atoms with Crippen LogP contribution in [0.15, 0.2) is 55.0 Å². The van der Waals surface area contributed by atoms with Gasteiger partial charge in [0, 0.05) is 34.5 Å². The van der Waals surface area contributed by atoms with Crippen molar-refractivity contribution >= 4 is 28.2 Å². The smallest absolute Gasteiger partial charge is 0.287 e. The van der Waals surface area contributed by atoms with Gasteiger partial charge in [0.25, 0.3) is 0 Å². The summed E-state index contributed by atoms with van der Waals surface area (Å²) in [6, 6.07) is 11.2. The molecule has 2 aromatic heterocycles. The van der Waals surface area contributed by atoms with E-state index < -0.39 is 6.17 Å². The normalized spacial score (nSPS) is 17.1. The van der Waals surface area contributed by atoms with Crippen molar-refractivity contribution in [3.8, 4) is 0 Å². The van der Waals surface area contributed by atoms with Crippen LogP contribution in [0.5, 0.6) is 0 Å². The standard InChI is InChI=1S/C19H15N5O/c1-13-9-15(7-8-22-13)23-12-18(20-2)24(19(23)25)17-11-21-10-14-5-3-4-6-16(14)17/h3-11,18H,12H2,1H3/t18-/m1/s1. The predicted octanol–water partition coefficient (Wildman–Crippen LogP) is 3.63. The van der Waals surface area contributed by atoms with Crippen LogP contribution >= 0.6 is 0 Å². The van der Waals surface area contributed by atoms with E-state index in [1.54, 1.807) is 29.6 Å². The van der Waals surface area contributed by atoms with Crippen LogP contribution < -0.4 is 9.80 Å². The number of amides is 2. The van der Waals surface area contributed by atoms with Gasteiger partial charge in [-0.25, -0.2) is 16.3 Å². The molecule has 3 heterocycles. The number of aromatic nitrogens is 2. The third-order valence-corrected chi connectivity index (χ3v) is 4.33. The molecule has 1 fully saturated rings. The second-order valence-corrected chi connectivity index (χ2v) is 5.91. The monoisotopic (exact) mass is 329 g/mol. The van der Waals surface area contributed by atoms with Crippen LogP contribution in [0.25, 0.3) is 15.6 Å². The van der Waals surface area contributed by atoms with Gasteiger partial charge in [0.05, 0.1) is 11.9 Å². The van der Waals surface area contributed by atoms with Crippen LogP contribution in [0.2, 0.25) is 0 Å². The van der Waals surface area contributed by atoms with E-state index in [-0.39, 0.29) is 6.03 Å². The maximum Gasteiger partial charge on any atom is 0.335 e. The topological polar surface area (TPSA) is 53.7 Å². The lowest BCUT2D eigenvalue weighted by Crippen LogP contribution is -2.34. The highest BCUT2D eigenvalue weighted by atomic mass is 16.2. The van der Waals surface area contributed by atoms with Crippen LogP contribution in [0, 0.1) is 13.5 Å². The zero-order chi connectivity index (χ0) is 17.4. The van der Waals surface area contributed by atoms with Crippen molar-refractivity contribution < 1.29 is 4.79 Å². The van der Waals surface area contributed by atoms with E-state index in [0.29, 0.717) is 12.2 Å². The molecule has 0 spiro atoms. The molecule has 0 N–H and O–H groups in total. The molecule has 2 amide bonds. The zero-order valence-electron chi connectivity index (χ0n) is 13.6. The highest BCUT2D eigenvalue weighted by molar-refractivity contribution is 6.11. The van der Waals surface area contributed by atoms with Crippen LogP contribution in [-0.2, 0) is 0 Å². The van der Waals surface area contributed by atoms with E-state index in [9.17, 15) is 4.79 Å². The first-order valence-electron chi connectivity index (χ1n) is 7.92. The van der Waals surface area contributed by atoms with E-state index in [0.717, 1.165) is 22.2 Å². The van der Waals surface area contributed by atoms with Gasteiger partial charge in [-0.3, -0.25) is 19.7 Å². The molecular formula is C19H15N5O. The molecule has 1 aromatic carbocycles. The minimum Gasteiger partial charge on any atom is -0.287 e. The summed E-state index contributed by atoms with van der Waals surface area (Å²) in [5.41, 5.74) is 2.24. The van der Waals surface area contributed by atoms with Gasteiger partial charge in [0.2, 0.25) is 0 Å². The van der Waals surface area contributed by atoms with Crippen LogP contribution in [-0.4, -0.2) is 28.7 Å². The van der Waals surface area contributed by atoms with Crippen molar-refractivity contribution in [2.45, 2.75) is 13.1 Å². The number of anilines is 2. The van der Waals surface area contributed by atoms with Gasteiger partial charge in [-0.2, -0.15) is 0 Å². The second-order valence-electron chi connectivity index (χ2n) is 5.91. The maximum absolute atomic E-state index is 13.1. The van der Waals surface area contributed by atoms with Crippen molar-refractivity contribution in [3.63, 3.8) is 0 Å². The number of fused-ring (bicyclic) bond motifs is 1. The van der Waals surface area contributed by atoms with Gasteiger partial charge in [-0.15, -0.1) is 0 Å². The lowest BCUT2D eigenvalue weighted by atomic mass is 10.1. The second kappa shape index (κ2) is 5.87. The maximum atomic E-state index is 13.1. The Bertz CT molecular complexity index is 1000. The predicted molar refractivity (Wildman–Crippen MR) is 96.3 cm³/mol. The fourth-order valence-corrected chi connectivity index (χ4v) is 3.15. The van der Waals surface area contributed by atoms with E-state index in [2.05, 4.69) is 14.8 Å². The van der Waals surface area contributed by atoms with Crippen molar-refractivity contribution in [1.29, 1.82) is 0 Å². The SMILES string of the molecule is [C-]#[N+][C@H]1CN(c2ccnc(C)c2)C(=O)N1c1cncc2ccccc12. The summed E-state index contributed by atoms with van der Waals surface area (Å²) >= 11 is 0. The van der Waals surface area contributed by atoms with Gasteiger partial charge < -0.3 is 0 Å². The molecule has 1 aliphatic heterocycles. The van der Waals surface area contributed by atoms with Gasteiger partial charge >= 0.3 is 12.2 Å². The van der Waals surface area contributed by atoms with E-state index in [4.69, 9.17) is 6.57 Å². The summed E-state index contributed by atoms with van der Waals surface area (Å²) in [7, 11) is 0. The Morgan fingerprint density at radius 1 is 1.24 bits per heavy atom. The Balaban J connectivity index is 1.81. The summed E-state index contributed by atoms with van der Waals surface area (Å²) in [6.45, 7) is 9.74. The molecule has 1 aliphatic rings. The molecule has 0 bridgehead atoms. The van der Waals surface area contributed by atoms with E-state index >= 15 is 0 Å². The Morgan fingerprint density at radius 2 is 2.08 bits per heavy atom. The number of urea groups is 1. The van der Waals surface area contributed by atoms with Crippen molar-refractivity contribution in [2.75, 3.05) is 16.3 Å². The van der Waals surface area contributed by atoms with Crippen LogP contribution in [0.3, 0.4) is 0 Å². The average molecular weight is 329 g/mol. The molecule has 0 saturated carbocycles. The number of nitrogens with zero attached hydrogens (tertiary/aromatic N) is 5. The van der Waals surface area contributed by atoms with Crippen molar-refractivity contribution in [2.24, 2.45) is 0 Å². The Kier molecular flexibility index (Phi) is 3.55. The number of pyridine rings is 2. The number of carbonyl (C=O) groups is 1. The molecule has 6 nitrogen and oxygen atoms in total. The summed E-state index contributed by atoms with van der Waals surface area (Å²) in [4.78, 5) is 28.3. The highest BCUT2D eigenvalue weighted by Gasteiger charge is 2.44. The number of hydrogen-bond acceptors (Lipinski definition) is 3. The number of benzene rings is 1. The third-order valence-electron chi connectivity index (χ3n) is 4.33. The lowest BCUT2D eigenvalue weighted by molar-refractivity contribution is 0.255. The fourth-order valence-electron chi connectivity index (χ4n) is 3.15. The molecule has 0 radical (unpaired) electrons. The largest absolute Gasteiger partial charge is 0.335 e. The summed E-state index contributed by atoms with van der Waals surface area (Å²) < 4.78 is 0. The third kappa shape index (κ3) is 2.46. The molecule has 122 valence electrons. The molecule has 1 atom stereocenters. The molecule has 25 heavy (non-hydrogen) atoms. The Morgan fingerprint density at radius 3 is 2.88 bits per heavy atom. The van der Waals surface area contributed by atoms with E-state index in [1.165, 1.54) is 4.90 Å². The van der Waals surface area contributed by atoms with Crippen molar-refractivity contribution in [3.05, 3.63) is 72.1 Å². The quantitative estimate of drug-likeness (QED) is 0.675. The Labute approximate surface area is 145 Å². The van der Waals surface area contributed by atoms with Crippen LogP contribution in [0.4, 0.5) is 16.2 Å². The molecule has 1 saturated heterocycles. The minimum atomic E-state index is -0.589. The van der Waals surface area contributed by atoms with E-state index in [1.807, 2.05) is 37.3 Å². The molecular weight excluding hydrogens is 314 g/mol. The first kappa shape index (κ1) is 15.1. The fraction of sp³-hybridized carbons (Fsp3) is 0.158. The highest BCUT2D eigenvalue weighted by Crippen LogP contribution is 2.33. The average Bonchev–Trinajstić information content (AvgIpc) is 2.97. The summed E-state index contributed by atoms with van der Waals surface area (Å²) in [5.74, 6) is 0. The molecule has 6 heteroatoms. The zero-order valence-corrected chi connectivity index (χ0v) is 13.6. The summed E-state index contributed by atoms with van der Waals surface area (Å²) in [6.07, 6.45) is 4.50. The molecule has 4 rings (SSSR count). The number of rotatable bonds is 2. The van der Waals surface area contributed by atoms with Gasteiger partial charge in [0.1, 0.15) is 6.54 Å². The summed E-state index contributed by atoms with van der Waals surface area (Å²) in [5, 5.41) is 1.85. The lowest BCUT2D eigenvalue weighted by Gasteiger charge is -2.19. The van der Waals surface area contributed by atoms with Gasteiger partial charge in [-0.1, -0.05) is 24.3 Å². The molecule has 0 aliphatic carbocycles. The van der Waals surface area contributed by atoms with Crippen molar-refractivity contribution in [1.82, 2.24) is 9.97 Å². The first-order chi connectivity index (χ1) is 12.2. The Hall–Kier alpha value is -3.46. The van der Waals surface area contributed by atoms with Gasteiger partial charge in [-0.05, 0) is 19.1 Å². The number of hydrogen-bond donors (Lipinski definition) is 0. The number of carbonyl (C=O) groups excluding carboxylic acids is 1. The minimum absolute atomic E-state index is 0.218. The first-order valence-corrected chi connectivity index (χ1v) is 7.92. The molecule has 0 unspecified atom stereocenters.